The molecule has 0 amide bonds. The number of halogens is 2. The van der Waals surface area contributed by atoms with Crippen molar-refractivity contribution < 1.29 is 9.90 Å². The van der Waals surface area contributed by atoms with Gasteiger partial charge in [-0.3, -0.25) is 0 Å². The van der Waals surface area contributed by atoms with E-state index >= 15 is 0 Å². The number of nitrogens with zero attached hydrogens (tertiary/aromatic N) is 1. The van der Waals surface area contributed by atoms with E-state index in [4.69, 9.17) is 16.9 Å². The summed E-state index contributed by atoms with van der Waals surface area (Å²) in [6.07, 6.45) is 0. The molecule has 0 radical (unpaired) electrons. The highest BCUT2D eigenvalue weighted by Crippen LogP contribution is 2.35. The molecule has 2 rings (SSSR count). The fourth-order valence-electron chi connectivity index (χ4n) is 1.55. The lowest BCUT2D eigenvalue weighted by Gasteiger charge is -2.08. The number of rotatable bonds is 3. The van der Waals surface area contributed by atoms with Crippen molar-refractivity contribution in [3.8, 4) is 6.07 Å². The molecule has 6 heteroatoms. The Balaban J connectivity index is 2.47. The van der Waals surface area contributed by atoms with Crippen LogP contribution in [0.2, 0.25) is 5.02 Å². The van der Waals surface area contributed by atoms with E-state index < -0.39 is 5.97 Å². The maximum Gasteiger partial charge on any atom is 0.336 e. The number of carboxylic acids is 1. The Morgan fingerprint density at radius 1 is 1.25 bits per heavy atom. The van der Waals surface area contributed by atoms with Crippen LogP contribution in [-0.2, 0) is 0 Å². The molecule has 1 N–H and O–H groups in total. The fourth-order valence-corrected chi connectivity index (χ4v) is 3.28. The van der Waals surface area contributed by atoms with Gasteiger partial charge in [-0.1, -0.05) is 39.3 Å². The summed E-state index contributed by atoms with van der Waals surface area (Å²) in [6, 6.07) is 11.9. The molecule has 0 aromatic heterocycles. The zero-order chi connectivity index (χ0) is 14.7. The summed E-state index contributed by atoms with van der Waals surface area (Å²) in [4.78, 5) is 12.4. The zero-order valence-electron chi connectivity index (χ0n) is 9.93. The Hall–Kier alpha value is -1.48. The van der Waals surface area contributed by atoms with Gasteiger partial charge in [0.2, 0.25) is 0 Å². The molecule has 0 heterocycles. The van der Waals surface area contributed by atoms with E-state index in [1.54, 1.807) is 30.3 Å². The Labute approximate surface area is 133 Å². The van der Waals surface area contributed by atoms with E-state index in [2.05, 4.69) is 22.0 Å². The number of carboxylic acid groups (broad SMARTS) is 1. The Kier molecular flexibility index (Phi) is 4.71. The van der Waals surface area contributed by atoms with Crippen LogP contribution in [0.4, 0.5) is 0 Å². The molecule has 20 heavy (non-hydrogen) atoms. The second-order valence-electron chi connectivity index (χ2n) is 3.80. The summed E-state index contributed by atoms with van der Waals surface area (Å²) >= 11 is 10.4. The average molecular weight is 369 g/mol. The number of benzene rings is 2. The number of hydrogen-bond acceptors (Lipinski definition) is 3. The van der Waals surface area contributed by atoms with Gasteiger partial charge in [-0.2, -0.15) is 5.26 Å². The Morgan fingerprint density at radius 2 is 2.00 bits per heavy atom. The zero-order valence-corrected chi connectivity index (χ0v) is 13.1. The van der Waals surface area contributed by atoms with Gasteiger partial charge in [0.05, 0.1) is 11.1 Å². The minimum atomic E-state index is -1.01. The van der Waals surface area contributed by atoms with Crippen LogP contribution in [0.3, 0.4) is 0 Å². The largest absolute Gasteiger partial charge is 0.478 e. The van der Waals surface area contributed by atoms with Gasteiger partial charge in [0.25, 0.3) is 0 Å². The van der Waals surface area contributed by atoms with E-state index in [-0.39, 0.29) is 5.56 Å². The first-order valence-electron chi connectivity index (χ1n) is 5.41. The highest BCUT2D eigenvalue weighted by molar-refractivity contribution is 9.10. The van der Waals surface area contributed by atoms with Gasteiger partial charge in [0.15, 0.2) is 0 Å². The average Bonchev–Trinajstić information content (AvgIpc) is 2.40. The van der Waals surface area contributed by atoms with E-state index in [0.717, 1.165) is 4.47 Å². The first-order valence-corrected chi connectivity index (χ1v) is 7.40. The maximum absolute atomic E-state index is 11.2. The third-order valence-electron chi connectivity index (χ3n) is 2.46. The lowest BCUT2D eigenvalue weighted by atomic mass is 10.2. The molecule has 0 unspecified atom stereocenters. The first-order chi connectivity index (χ1) is 9.51. The molecule has 0 saturated heterocycles. The van der Waals surface area contributed by atoms with Gasteiger partial charge in [-0.25, -0.2) is 4.79 Å². The predicted molar refractivity (Wildman–Crippen MR) is 81.4 cm³/mol. The van der Waals surface area contributed by atoms with Gasteiger partial charge in [-0.15, -0.1) is 0 Å². The summed E-state index contributed by atoms with van der Waals surface area (Å²) in [5.41, 5.74) is 0.607. The normalized spacial score (nSPS) is 10.1. The monoisotopic (exact) mass is 367 g/mol. The molecule has 3 nitrogen and oxygen atoms in total. The summed E-state index contributed by atoms with van der Waals surface area (Å²) in [5, 5.41) is 18.8. The summed E-state index contributed by atoms with van der Waals surface area (Å²) in [5.74, 6) is -1.01. The van der Waals surface area contributed by atoms with Crippen molar-refractivity contribution in [2.75, 3.05) is 0 Å². The minimum Gasteiger partial charge on any atom is -0.478 e. The quantitative estimate of drug-likeness (QED) is 0.843. The van der Waals surface area contributed by atoms with E-state index in [9.17, 15) is 9.90 Å². The van der Waals surface area contributed by atoms with Crippen molar-refractivity contribution >= 4 is 45.3 Å². The number of hydrogen-bond donors (Lipinski definition) is 1. The SMILES string of the molecule is N#Cc1cc(Cl)ccc1Sc1cc(Br)ccc1C(=O)O. The molecule has 0 aliphatic carbocycles. The molecule has 2 aromatic carbocycles. The van der Waals surface area contributed by atoms with Crippen LogP contribution < -0.4 is 0 Å². The standard InChI is InChI=1S/C14H7BrClNO2S/c15-9-1-3-11(14(18)19)13(6-9)20-12-4-2-10(16)5-8(12)7-17/h1-6H,(H,18,19). The van der Waals surface area contributed by atoms with Gasteiger partial charge < -0.3 is 5.11 Å². The molecule has 0 aliphatic heterocycles. The summed E-state index contributed by atoms with van der Waals surface area (Å²) < 4.78 is 0.775. The van der Waals surface area contributed by atoms with E-state index in [1.807, 2.05) is 0 Å². The van der Waals surface area contributed by atoms with Crippen LogP contribution in [0.25, 0.3) is 0 Å². The van der Waals surface area contributed by atoms with Crippen molar-refractivity contribution in [2.24, 2.45) is 0 Å². The molecule has 100 valence electrons. The van der Waals surface area contributed by atoms with Gasteiger partial charge >= 0.3 is 5.97 Å². The van der Waals surface area contributed by atoms with Crippen molar-refractivity contribution in [3.05, 3.63) is 57.0 Å². The molecule has 0 spiro atoms. The topological polar surface area (TPSA) is 61.1 Å². The van der Waals surface area contributed by atoms with Crippen molar-refractivity contribution in [1.29, 1.82) is 5.26 Å². The maximum atomic E-state index is 11.2. The Morgan fingerprint density at radius 3 is 2.65 bits per heavy atom. The molecular weight excluding hydrogens is 362 g/mol. The van der Waals surface area contributed by atoms with Crippen LogP contribution >= 0.6 is 39.3 Å². The number of carbonyl (C=O) groups is 1. The smallest absolute Gasteiger partial charge is 0.336 e. The molecule has 0 aliphatic rings. The molecule has 0 saturated carbocycles. The fraction of sp³-hybridized carbons (Fsp3) is 0. The van der Waals surface area contributed by atoms with Crippen LogP contribution in [0.15, 0.2) is 50.7 Å². The predicted octanol–water partition coefficient (Wildman–Crippen LogP) is 4.82. The van der Waals surface area contributed by atoms with Crippen molar-refractivity contribution in [2.45, 2.75) is 9.79 Å². The van der Waals surface area contributed by atoms with Crippen LogP contribution in [-0.4, -0.2) is 11.1 Å². The van der Waals surface area contributed by atoms with E-state index in [1.165, 1.54) is 17.8 Å². The number of nitriles is 1. The Bertz CT molecular complexity index is 728. The third-order valence-corrected chi connectivity index (χ3v) is 4.32. The summed E-state index contributed by atoms with van der Waals surface area (Å²) in [7, 11) is 0. The first kappa shape index (κ1) is 14.9. The second kappa shape index (κ2) is 6.31. The number of aromatic carboxylic acids is 1. The highest BCUT2D eigenvalue weighted by Gasteiger charge is 2.13. The molecular formula is C14H7BrClNO2S. The lowest BCUT2D eigenvalue weighted by Crippen LogP contribution is -1.98. The lowest BCUT2D eigenvalue weighted by molar-refractivity contribution is 0.0693. The van der Waals surface area contributed by atoms with Crippen molar-refractivity contribution in [1.82, 2.24) is 0 Å². The van der Waals surface area contributed by atoms with Crippen LogP contribution in [0, 0.1) is 11.3 Å². The third kappa shape index (κ3) is 3.34. The summed E-state index contributed by atoms with van der Waals surface area (Å²) in [6.45, 7) is 0. The molecule has 0 atom stereocenters. The van der Waals surface area contributed by atoms with Crippen LogP contribution in [0.5, 0.6) is 0 Å². The molecule has 2 aromatic rings. The molecule has 0 fully saturated rings. The highest BCUT2D eigenvalue weighted by atomic mass is 79.9. The minimum absolute atomic E-state index is 0.192. The second-order valence-corrected chi connectivity index (χ2v) is 6.24. The van der Waals surface area contributed by atoms with E-state index in [0.29, 0.717) is 20.4 Å². The van der Waals surface area contributed by atoms with Crippen molar-refractivity contribution in [3.63, 3.8) is 0 Å². The van der Waals surface area contributed by atoms with Gasteiger partial charge in [-0.05, 0) is 36.4 Å². The van der Waals surface area contributed by atoms with Gasteiger partial charge in [0, 0.05) is 19.3 Å². The van der Waals surface area contributed by atoms with Crippen LogP contribution in [0.1, 0.15) is 15.9 Å². The van der Waals surface area contributed by atoms with Gasteiger partial charge in [0.1, 0.15) is 6.07 Å². The molecule has 0 bridgehead atoms.